The summed E-state index contributed by atoms with van der Waals surface area (Å²) in [5.41, 5.74) is 1.81. The van der Waals surface area contributed by atoms with E-state index >= 15 is 0 Å². The molecule has 1 aliphatic heterocycles. The van der Waals surface area contributed by atoms with Crippen LogP contribution in [-0.4, -0.2) is 27.0 Å². The van der Waals surface area contributed by atoms with Gasteiger partial charge >= 0.3 is 0 Å². The zero-order chi connectivity index (χ0) is 18.7. The van der Waals surface area contributed by atoms with Crippen molar-refractivity contribution >= 4 is 25.6 Å². The van der Waals surface area contributed by atoms with Gasteiger partial charge in [-0.25, -0.2) is 4.79 Å². The Bertz CT molecular complexity index is 956. The number of rotatable bonds is 3. The fourth-order valence-electron chi connectivity index (χ4n) is 4.97. The van der Waals surface area contributed by atoms with Gasteiger partial charge in [0.25, 0.3) is 0 Å². The topological polar surface area (TPSA) is 37.4 Å². The Hall–Kier alpha value is -2.42. The highest BCUT2D eigenvalue weighted by molar-refractivity contribution is 6.85. The SMILES string of the molecule is CN1C(=O)[C@]2(C[C@@]2(C(=C=O)[Si](C)(C)C)c2ccccc2)c2ccccc21. The van der Waals surface area contributed by atoms with Gasteiger partial charge < -0.3 is 4.90 Å². The number of fused-ring (bicyclic) bond motifs is 2. The molecule has 2 aliphatic rings. The second-order valence-corrected chi connectivity index (χ2v) is 13.5. The maximum atomic E-state index is 13.5. The molecule has 26 heavy (non-hydrogen) atoms. The van der Waals surface area contributed by atoms with E-state index in [0.717, 1.165) is 22.0 Å². The maximum Gasteiger partial charge on any atom is 0.238 e. The lowest BCUT2D eigenvalue weighted by atomic mass is 9.82. The number of likely N-dealkylation sites (N-methyl/N-ethyl adjacent to an activating group) is 1. The normalized spacial score (nSPS) is 26.6. The first-order valence-electron chi connectivity index (χ1n) is 9.00. The van der Waals surface area contributed by atoms with E-state index in [1.165, 1.54) is 0 Å². The van der Waals surface area contributed by atoms with Crippen molar-refractivity contribution < 1.29 is 9.59 Å². The first-order valence-corrected chi connectivity index (χ1v) is 12.5. The van der Waals surface area contributed by atoms with E-state index in [9.17, 15) is 9.59 Å². The Morgan fingerprint density at radius 1 is 1.04 bits per heavy atom. The van der Waals surface area contributed by atoms with Gasteiger partial charge in [0.1, 0.15) is 5.94 Å². The number of nitrogens with zero attached hydrogens (tertiary/aromatic N) is 1. The minimum Gasteiger partial charge on any atom is -0.314 e. The summed E-state index contributed by atoms with van der Waals surface area (Å²) >= 11 is 0. The van der Waals surface area contributed by atoms with Crippen LogP contribution in [0, 0.1) is 0 Å². The molecule has 2 atom stereocenters. The summed E-state index contributed by atoms with van der Waals surface area (Å²) < 4.78 is 0. The minimum absolute atomic E-state index is 0.0913. The van der Waals surface area contributed by atoms with Crippen molar-refractivity contribution in [1.29, 1.82) is 0 Å². The number of para-hydroxylation sites is 1. The standard InChI is InChI=1S/C22H23NO2Si/c1-23-18-13-9-8-12-17(18)22(20(23)25)15-21(22,16-10-6-5-7-11-16)19(14-24)26(2,3)4/h5-13H,15H2,1-4H3/t21-,22-/m0/s1. The van der Waals surface area contributed by atoms with Gasteiger partial charge in [-0.2, -0.15) is 0 Å². The van der Waals surface area contributed by atoms with Gasteiger partial charge in [-0.3, -0.25) is 4.79 Å². The number of anilines is 1. The van der Waals surface area contributed by atoms with Crippen LogP contribution in [0.2, 0.25) is 19.6 Å². The predicted molar refractivity (Wildman–Crippen MR) is 107 cm³/mol. The van der Waals surface area contributed by atoms with Crippen LogP contribution in [0.25, 0.3) is 0 Å². The van der Waals surface area contributed by atoms with Gasteiger partial charge in [-0.1, -0.05) is 68.2 Å². The average Bonchev–Trinajstić information content (AvgIpc) is 3.27. The predicted octanol–water partition coefficient (Wildman–Crippen LogP) is 3.88. The summed E-state index contributed by atoms with van der Waals surface area (Å²) in [4.78, 5) is 27.4. The molecule has 0 unspecified atom stereocenters. The van der Waals surface area contributed by atoms with E-state index in [2.05, 4.69) is 37.7 Å². The molecule has 1 saturated carbocycles. The zero-order valence-electron chi connectivity index (χ0n) is 15.7. The Balaban J connectivity index is 2.04. The third kappa shape index (κ3) is 1.89. The first kappa shape index (κ1) is 17.0. The number of hydrogen-bond acceptors (Lipinski definition) is 2. The van der Waals surface area contributed by atoms with Crippen molar-refractivity contribution in [3.05, 3.63) is 70.9 Å². The van der Waals surface area contributed by atoms with Crippen LogP contribution in [0.15, 0.2) is 59.8 Å². The molecule has 0 N–H and O–H groups in total. The van der Waals surface area contributed by atoms with E-state index in [4.69, 9.17) is 0 Å². The van der Waals surface area contributed by atoms with Crippen LogP contribution in [0.4, 0.5) is 5.69 Å². The maximum absolute atomic E-state index is 13.5. The van der Waals surface area contributed by atoms with E-state index in [1.807, 2.05) is 49.5 Å². The molecule has 132 valence electrons. The molecule has 2 aromatic rings. The Morgan fingerprint density at radius 2 is 1.65 bits per heavy atom. The average molecular weight is 362 g/mol. The zero-order valence-corrected chi connectivity index (χ0v) is 16.7. The highest BCUT2D eigenvalue weighted by Gasteiger charge is 2.79. The second kappa shape index (κ2) is 5.29. The van der Waals surface area contributed by atoms with E-state index in [1.54, 1.807) is 4.90 Å². The van der Waals surface area contributed by atoms with Gasteiger partial charge in [0.05, 0.1) is 13.5 Å². The molecule has 1 aliphatic carbocycles. The van der Waals surface area contributed by atoms with Gasteiger partial charge in [0, 0.05) is 23.3 Å². The molecule has 1 fully saturated rings. The number of benzene rings is 2. The fraction of sp³-hybridized carbons (Fsp3) is 0.318. The van der Waals surface area contributed by atoms with Gasteiger partial charge in [0.15, 0.2) is 0 Å². The smallest absolute Gasteiger partial charge is 0.238 e. The molecule has 4 rings (SSSR count). The van der Waals surface area contributed by atoms with Crippen LogP contribution in [-0.2, 0) is 20.4 Å². The van der Waals surface area contributed by atoms with Crippen molar-refractivity contribution in [2.24, 2.45) is 0 Å². The van der Waals surface area contributed by atoms with Crippen molar-refractivity contribution in [2.75, 3.05) is 11.9 Å². The van der Waals surface area contributed by atoms with E-state index in [0.29, 0.717) is 6.42 Å². The molecule has 1 amide bonds. The number of carbonyl (C=O) groups excluding carboxylic acids is 2. The highest BCUT2D eigenvalue weighted by atomic mass is 28.3. The largest absolute Gasteiger partial charge is 0.314 e. The van der Waals surface area contributed by atoms with Crippen molar-refractivity contribution in [1.82, 2.24) is 0 Å². The molecule has 0 saturated heterocycles. The van der Waals surface area contributed by atoms with Gasteiger partial charge in [0.2, 0.25) is 5.91 Å². The van der Waals surface area contributed by atoms with Crippen LogP contribution < -0.4 is 4.90 Å². The van der Waals surface area contributed by atoms with Gasteiger partial charge in [-0.15, -0.1) is 0 Å². The third-order valence-electron chi connectivity index (χ3n) is 6.07. The molecule has 0 radical (unpaired) electrons. The monoisotopic (exact) mass is 361 g/mol. The lowest BCUT2D eigenvalue weighted by molar-refractivity contribution is -0.120. The summed E-state index contributed by atoms with van der Waals surface area (Å²) in [6, 6.07) is 18.1. The summed E-state index contributed by atoms with van der Waals surface area (Å²) in [7, 11) is -0.150. The van der Waals surface area contributed by atoms with Crippen LogP contribution in [0.5, 0.6) is 0 Å². The molecular weight excluding hydrogens is 338 g/mol. The number of allylic oxidation sites excluding steroid dienone is 1. The van der Waals surface area contributed by atoms with Crippen molar-refractivity contribution in [3.8, 4) is 0 Å². The van der Waals surface area contributed by atoms with Gasteiger partial charge in [-0.05, 0) is 23.6 Å². The lowest BCUT2D eigenvalue weighted by Crippen LogP contribution is -2.41. The quantitative estimate of drug-likeness (QED) is 0.615. The number of carbonyl (C=O) groups is 1. The molecular formula is C22H23NO2Si. The van der Waals surface area contributed by atoms with Crippen molar-refractivity contribution in [2.45, 2.75) is 36.9 Å². The molecule has 2 aromatic carbocycles. The molecule has 3 nitrogen and oxygen atoms in total. The highest BCUT2D eigenvalue weighted by Crippen LogP contribution is 2.73. The Labute approximate surface area is 155 Å². The Morgan fingerprint density at radius 3 is 2.27 bits per heavy atom. The molecule has 4 heteroatoms. The first-order chi connectivity index (χ1) is 12.3. The van der Waals surface area contributed by atoms with Crippen LogP contribution >= 0.6 is 0 Å². The fourth-order valence-corrected chi connectivity index (χ4v) is 7.00. The van der Waals surface area contributed by atoms with E-state index in [-0.39, 0.29) is 5.91 Å². The van der Waals surface area contributed by atoms with Crippen molar-refractivity contribution in [3.63, 3.8) is 0 Å². The summed E-state index contributed by atoms with van der Waals surface area (Å²) in [5, 5.41) is 0.814. The molecule has 0 bridgehead atoms. The van der Waals surface area contributed by atoms with Crippen LogP contribution in [0.1, 0.15) is 17.5 Å². The molecule has 0 aromatic heterocycles. The van der Waals surface area contributed by atoms with E-state index < -0.39 is 18.9 Å². The molecule has 1 heterocycles. The minimum atomic E-state index is -1.99. The third-order valence-corrected chi connectivity index (χ3v) is 8.10. The Kier molecular flexibility index (Phi) is 3.46. The second-order valence-electron chi connectivity index (χ2n) is 8.46. The molecule has 1 spiro atoms. The summed E-state index contributed by atoms with van der Waals surface area (Å²) in [6.45, 7) is 6.50. The summed E-state index contributed by atoms with van der Waals surface area (Å²) in [5.74, 6) is 2.41. The summed E-state index contributed by atoms with van der Waals surface area (Å²) in [6.07, 6.45) is 0.652. The van der Waals surface area contributed by atoms with Crippen LogP contribution in [0.3, 0.4) is 0 Å². The number of hydrogen-bond donors (Lipinski definition) is 0. The lowest BCUT2D eigenvalue weighted by Gasteiger charge is -2.30. The number of amides is 1.